The van der Waals surface area contributed by atoms with E-state index in [0.717, 1.165) is 36.6 Å². The van der Waals surface area contributed by atoms with Crippen molar-refractivity contribution in [3.05, 3.63) is 65.6 Å². The maximum atomic E-state index is 15.1. The zero-order chi connectivity index (χ0) is 27.4. The van der Waals surface area contributed by atoms with Gasteiger partial charge in [0.25, 0.3) is 0 Å². The lowest BCUT2D eigenvalue weighted by molar-refractivity contribution is -0.155. The number of aromatic nitrogens is 4. The summed E-state index contributed by atoms with van der Waals surface area (Å²) in [5.74, 6) is -2.57. The van der Waals surface area contributed by atoms with Gasteiger partial charge in [-0.25, -0.2) is 37.0 Å². The third-order valence-corrected chi connectivity index (χ3v) is 6.36. The van der Waals surface area contributed by atoms with Crippen molar-refractivity contribution in [3.63, 3.8) is 0 Å². The van der Waals surface area contributed by atoms with Gasteiger partial charge in [0, 0.05) is 18.2 Å². The minimum absolute atomic E-state index is 0.327. The van der Waals surface area contributed by atoms with Crippen LogP contribution in [0.4, 0.5) is 4.39 Å². The molecule has 4 rings (SSSR count). The number of esters is 1. The third kappa shape index (κ3) is 4.57. The molecule has 198 valence electrons. The smallest absolute Gasteiger partial charge is 0.341 e. The number of benzene rings is 1. The summed E-state index contributed by atoms with van der Waals surface area (Å²) < 4.78 is 22.8. The molecule has 3 aromatic rings. The van der Waals surface area contributed by atoms with E-state index in [1.54, 1.807) is 20.8 Å². The number of halogens is 2. The number of nitrogens with zero attached hydrogens (tertiary/aromatic N) is 4. The maximum absolute atomic E-state index is 15.1. The number of rotatable bonds is 4. The van der Waals surface area contributed by atoms with Gasteiger partial charge in [0.15, 0.2) is 0 Å². The number of fused-ring (bicyclic) bond motifs is 1. The zero-order valence-corrected chi connectivity index (χ0v) is 21.4. The minimum atomic E-state index is -1.21. The molecular formula is C24H26ClFN4O7. The molecule has 11 nitrogen and oxygen atoms in total. The molecule has 0 saturated carbocycles. The molecule has 0 aliphatic heterocycles. The third-order valence-electron chi connectivity index (χ3n) is 6.05. The highest BCUT2D eigenvalue weighted by Gasteiger charge is 2.28. The molecule has 0 fully saturated rings. The summed E-state index contributed by atoms with van der Waals surface area (Å²) in [6, 6.07) is 1.83. The van der Waals surface area contributed by atoms with Gasteiger partial charge in [-0.3, -0.25) is 4.79 Å². The van der Waals surface area contributed by atoms with E-state index in [9.17, 15) is 29.4 Å². The number of hydrogen-bond acceptors (Lipinski definition) is 7. The quantitative estimate of drug-likeness (QED) is 0.486. The Morgan fingerprint density at radius 2 is 1.54 bits per heavy atom. The Morgan fingerprint density at radius 3 is 2.08 bits per heavy atom. The first-order chi connectivity index (χ1) is 17.2. The predicted octanol–water partition coefficient (Wildman–Crippen LogP) is 1.91. The van der Waals surface area contributed by atoms with Crippen LogP contribution in [-0.4, -0.2) is 40.1 Å². The van der Waals surface area contributed by atoms with Crippen molar-refractivity contribution in [2.75, 3.05) is 0 Å². The number of carbonyl (C=O) groups is 1. The number of ether oxygens (including phenoxy) is 1. The predicted molar refractivity (Wildman–Crippen MR) is 132 cm³/mol. The molecule has 0 unspecified atom stereocenters. The van der Waals surface area contributed by atoms with Crippen molar-refractivity contribution in [2.24, 2.45) is 7.05 Å². The molecule has 0 atom stereocenters. The Balaban J connectivity index is 1.94. The van der Waals surface area contributed by atoms with Crippen molar-refractivity contribution >= 4 is 17.6 Å². The Labute approximate surface area is 214 Å². The summed E-state index contributed by atoms with van der Waals surface area (Å²) in [6.45, 7) is 4.03. The highest BCUT2D eigenvalue weighted by Crippen LogP contribution is 2.42. The van der Waals surface area contributed by atoms with Crippen LogP contribution in [-0.2, 0) is 36.0 Å². The molecule has 0 spiro atoms. The Bertz CT molecular complexity index is 1580. The van der Waals surface area contributed by atoms with E-state index in [1.807, 2.05) is 0 Å². The van der Waals surface area contributed by atoms with Crippen LogP contribution in [0.25, 0.3) is 11.4 Å². The van der Waals surface area contributed by atoms with Crippen LogP contribution in [0, 0.1) is 5.82 Å². The van der Waals surface area contributed by atoms with Gasteiger partial charge in [-0.2, -0.15) is 0 Å². The number of hydrogen-bond donors (Lipinski definition) is 2. The summed E-state index contributed by atoms with van der Waals surface area (Å²) in [5, 5.41) is 21.2. The lowest BCUT2D eigenvalue weighted by Gasteiger charge is -2.20. The van der Waals surface area contributed by atoms with Crippen LogP contribution < -0.4 is 17.1 Å². The summed E-state index contributed by atoms with van der Waals surface area (Å²) in [7, 11) is 1.10. The lowest BCUT2D eigenvalue weighted by atomic mass is 9.95. The van der Waals surface area contributed by atoms with Gasteiger partial charge >= 0.3 is 23.0 Å². The standard InChI is InChI=1S/C24H26ClFN4O7/c1-24(2,3)37-18(31)11-28-21(34)27(4)22(35)30(23(28)36)16-10-17(15(26)9-14(16)25)29-19(32)12-7-5-6-8-13(12)20(29)33/h9-10,32-33H,5-8,11H2,1-4H3. The molecular weight excluding hydrogens is 511 g/mol. The van der Waals surface area contributed by atoms with Crippen molar-refractivity contribution < 1.29 is 24.1 Å². The first kappa shape index (κ1) is 26.3. The first-order valence-electron chi connectivity index (χ1n) is 11.5. The van der Waals surface area contributed by atoms with Crippen LogP contribution in [0.3, 0.4) is 0 Å². The molecule has 2 aromatic heterocycles. The van der Waals surface area contributed by atoms with E-state index in [2.05, 4.69) is 0 Å². The SMILES string of the molecule is Cn1c(=O)n(CC(=O)OC(C)(C)C)c(=O)n(-c2cc(-n3c(O)c4c(c3O)CCCC4)c(F)cc2Cl)c1=O. The van der Waals surface area contributed by atoms with Crippen molar-refractivity contribution in [3.8, 4) is 23.1 Å². The normalized spacial score (nSPS) is 13.5. The van der Waals surface area contributed by atoms with Crippen LogP contribution in [0.15, 0.2) is 26.5 Å². The fourth-order valence-electron chi connectivity index (χ4n) is 4.41. The minimum Gasteiger partial charge on any atom is -0.494 e. The Kier molecular flexibility index (Phi) is 6.57. The zero-order valence-electron chi connectivity index (χ0n) is 20.7. The largest absolute Gasteiger partial charge is 0.494 e. The van der Waals surface area contributed by atoms with Crippen LogP contribution in [0.5, 0.6) is 11.8 Å². The van der Waals surface area contributed by atoms with Gasteiger partial charge in [-0.15, -0.1) is 0 Å². The van der Waals surface area contributed by atoms with Crippen molar-refractivity contribution in [1.29, 1.82) is 0 Å². The molecule has 2 heterocycles. The molecule has 1 aliphatic carbocycles. The van der Waals surface area contributed by atoms with Gasteiger partial charge in [-0.1, -0.05) is 11.6 Å². The molecule has 0 saturated heterocycles. The Morgan fingerprint density at radius 1 is 0.973 bits per heavy atom. The van der Waals surface area contributed by atoms with Gasteiger partial charge in [0.05, 0.1) is 16.4 Å². The molecule has 37 heavy (non-hydrogen) atoms. The molecule has 0 bridgehead atoms. The second-order valence-corrected chi connectivity index (χ2v) is 10.2. The van der Waals surface area contributed by atoms with E-state index < -0.39 is 41.0 Å². The van der Waals surface area contributed by atoms with Gasteiger partial charge in [-0.05, 0) is 58.6 Å². The summed E-state index contributed by atoms with van der Waals surface area (Å²) in [6.07, 6.45) is 2.53. The summed E-state index contributed by atoms with van der Waals surface area (Å²) in [5.41, 5.74) is -4.00. The van der Waals surface area contributed by atoms with E-state index in [4.69, 9.17) is 16.3 Å². The van der Waals surface area contributed by atoms with Crippen LogP contribution in [0.2, 0.25) is 5.02 Å². The fraction of sp³-hybridized carbons (Fsp3) is 0.417. The number of aromatic hydroxyl groups is 2. The van der Waals surface area contributed by atoms with E-state index >= 15 is 4.39 Å². The molecule has 13 heteroatoms. The van der Waals surface area contributed by atoms with E-state index in [0.29, 0.717) is 37.7 Å². The van der Waals surface area contributed by atoms with Crippen molar-refractivity contribution in [1.82, 2.24) is 18.3 Å². The Hall–Kier alpha value is -3.80. The molecule has 0 amide bonds. The monoisotopic (exact) mass is 536 g/mol. The summed E-state index contributed by atoms with van der Waals surface area (Å²) in [4.78, 5) is 51.3. The average Bonchev–Trinajstić information content (AvgIpc) is 3.06. The fourth-order valence-corrected chi connectivity index (χ4v) is 4.64. The highest BCUT2D eigenvalue weighted by atomic mass is 35.5. The maximum Gasteiger partial charge on any atom is 0.341 e. The lowest BCUT2D eigenvalue weighted by Crippen LogP contribution is -2.54. The highest BCUT2D eigenvalue weighted by molar-refractivity contribution is 6.32. The number of carbonyl (C=O) groups excluding carboxylic acids is 1. The van der Waals surface area contributed by atoms with Gasteiger partial charge < -0.3 is 14.9 Å². The second-order valence-electron chi connectivity index (χ2n) is 9.82. The molecule has 1 aliphatic rings. The van der Waals surface area contributed by atoms with Gasteiger partial charge in [0.1, 0.15) is 18.0 Å². The average molecular weight is 537 g/mol. The topological polar surface area (TPSA) is 138 Å². The molecule has 2 N–H and O–H groups in total. The van der Waals surface area contributed by atoms with E-state index in [1.165, 1.54) is 0 Å². The molecule has 0 radical (unpaired) electrons. The van der Waals surface area contributed by atoms with Crippen molar-refractivity contribution in [2.45, 2.75) is 58.6 Å². The van der Waals surface area contributed by atoms with Crippen LogP contribution in [0.1, 0.15) is 44.7 Å². The second kappa shape index (κ2) is 9.25. The van der Waals surface area contributed by atoms with E-state index in [-0.39, 0.29) is 28.2 Å². The molecule has 1 aromatic carbocycles. The van der Waals surface area contributed by atoms with Gasteiger partial charge in [0.2, 0.25) is 11.8 Å². The summed E-state index contributed by atoms with van der Waals surface area (Å²) >= 11 is 6.22. The van der Waals surface area contributed by atoms with Crippen LogP contribution >= 0.6 is 11.6 Å². The first-order valence-corrected chi connectivity index (χ1v) is 11.9.